The molecule has 3 N–H and O–H groups in total. The Labute approximate surface area is 111 Å². The molecule has 19 heavy (non-hydrogen) atoms. The van der Waals surface area contributed by atoms with Crippen LogP contribution in [0, 0.1) is 5.82 Å². The van der Waals surface area contributed by atoms with Gasteiger partial charge < -0.3 is 20.6 Å². The molecule has 5 nitrogen and oxygen atoms in total. The Morgan fingerprint density at radius 2 is 2.16 bits per heavy atom. The number of halogens is 1. The molecule has 0 spiro atoms. The molecule has 1 fully saturated rings. The topological polar surface area (TPSA) is 64.6 Å². The van der Waals surface area contributed by atoms with Crippen molar-refractivity contribution in [2.24, 2.45) is 0 Å². The Morgan fingerprint density at radius 1 is 1.42 bits per heavy atom. The highest BCUT2D eigenvalue weighted by atomic mass is 19.1. The third-order valence-electron chi connectivity index (χ3n) is 3.10. The minimum Gasteiger partial charge on any atom is -0.387 e. The van der Waals surface area contributed by atoms with Gasteiger partial charge in [0.05, 0.1) is 5.69 Å². The normalized spacial score (nSPS) is 15.4. The van der Waals surface area contributed by atoms with Crippen LogP contribution in [0.1, 0.15) is 5.56 Å². The number of nitrogens with one attached hydrogen (secondary N) is 2. The maximum atomic E-state index is 13.8. The van der Waals surface area contributed by atoms with Crippen molar-refractivity contribution in [3.05, 3.63) is 29.6 Å². The molecule has 1 aliphatic rings. The molecule has 6 heteroatoms. The highest BCUT2D eigenvalue weighted by molar-refractivity contribution is 5.76. The maximum absolute atomic E-state index is 13.8. The summed E-state index contributed by atoms with van der Waals surface area (Å²) in [5.41, 5.74) is 1.38. The quantitative estimate of drug-likeness (QED) is 0.709. The lowest BCUT2D eigenvalue weighted by Crippen LogP contribution is -2.43. The predicted molar refractivity (Wildman–Crippen MR) is 70.4 cm³/mol. The monoisotopic (exact) mass is 267 g/mol. The van der Waals surface area contributed by atoms with E-state index in [1.165, 1.54) is 6.07 Å². The van der Waals surface area contributed by atoms with E-state index in [1.807, 2.05) is 4.90 Å². The average molecular weight is 267 g/mol. The van der Waals surface area contributed by atoms with Gasteiger partial charge in [-0.15, -0.1) is 0 Å². The Morgan fingerprint density at radius 3 is 2.84 bits per heavy atom. The summed E-state index contributed by atoms with van der Waals surface area (Å²) < 4.78 is 13.8. The summed E-state index contributed by atoms with van der Waals surface area (Å²) in [6, 6.07) is 4.80. The molecule has 104 valence electrons. The highest BCUT2D eigenvalue weighted by Gasteiger charge is 2.15. The van der Waals surface area contributed by atoms with Crippen molar-refractivity contribution >= 4 is 11.6 Å². The number of carbonyl (C=O) groups excluding carboxylic acids is 1. The van der Waals surface area contributed by atoms with Crippen molar-refractivity contribution < 1.29 is 14.3 Å². The SMILES string of the molecule is O=C(CO)NCc1ccc(F)c(N2CCNCC2)c1. The van der Waals surface area contributed by atoms with E-state index in [2.05, 4.69) is 10.6 Å². The zero-order chi connectivity index (χ0) is 13.7. The fraction of sp³-hybridized carbons (Fsp3) is 0.462. The van der Waals surface area contributed by atoms with E-state index in [1.54, 1.807) is 12.1 Å². The van der Waals surface area contributed by atoms with Crippen LogP contribution in [-0.2, 0) is 11.3 Å². The molecule has 1 saturated heterocycles. The largest absolute Gasteiger partial charge is 0.387 e. The zero-order valence-electron chi connectivity index (χ0n) is 10.7. The molecule has 0 atom stereocenters. The fourth-order valence-electron chi connectivity index (χ4n) is 2.07. The Kier molecular flexibility index (Phi) is 4.70. The smallest absolute Gasteiger partial charge is 0.245 e. The lowest BCUT2D eigenvalue weighted by molar-refractivity contribution is -0.123. The van der Waals surface area contributed by atoms with Crippen LogP contribution in [0.5, 0.6) is 0 Å². The van der Waals surface area contributed by atoms with Crippen molar-refractivity contribution in [3.8, 4) is 0 Å². The van der Waals surface area contributed by atoms with Gasteiger partial charge in [0.1, 0.15) is 12.4 Å². The van der Waals surface area contributed by atoms with Crippen LogP contribution < -0.4 is 15.5 Å². The van der Waals surface area contributed by atoms with Gasteiger partial charge in [-0.25, -0.2) is 4.39 Å². The van der Waals surface area contributed by atoms with Crippen LogP contribution in [0.3, 0.4) is 0 Å². The maximum Gasteiger partial charge on any atom is 0.245 e. The first kappa shape index (κ1) is 13.8. The predicted octanol–water partition coefficient (Wildman–Crippen LogP) is -0.156. The van der Waals surface area contributed by atoms with Crippen molar-refractivity contribution in [2.75, 3.05) is 37.7 Å². The van der Waals surface area contributed by atoms with Crippen molar-refractivity contribution in [1.29, 1.82) is 0 Å². The van der Waals surface area contributed by atoms with E-state index in [9.17, 15) is 9.18 Å². The standard InChI is InChI=1S/C13H18FN3O2/c14-11-2-1-10(8-16-13(19)9-18)7-12(11)17-5-3-15-4-6-17/h1-2,7,15,18H,3-6,8-9H2,(H,16,19). The van der Waals surface area contributed by atoms with Crippen molar-refractivity contribution in [3.63, 3.8) is 0 Å². The van der Waals surface area contributed by atoms with E-state index in [4.69, 9.17) is 5.11 Å². The molecule has 0 radical (unpaired) electrons. The van der Waals surface area contributed by atoms with E-state index in [0.29, 0.717) is 12.2 Å². The van der Waals surface area contributed by atoms with Crippen LogP contribution in [0.4, 0.5) is 10.1 Å². The molecule has 1 amide bonds. The van der Waals surface area contributed by atoms with Gasteiger partial charge in [-0.3, -0.25) is 4.79 Å². The second-order valence-electron chi connectivity index (χ2n) is 4.46. The number of piperazine rings is 1. The first-order chi connectivity index (χ1) is 9.20. The van der Waals surface area contributed by atoms with E-state index < -0.39 is 12.5 Å². The highest BCUT2D eigenvalue weighted by Crippen LogP contribution is 2.21. The van der Waals surface area contributed by atoms with Gasteiger partial charge in [0.25, 0.3) is 0 Å². The lowest BCUT2D eigenvalue weighted by Gasteiger charge is -2.30. The number of aliphatic hydroxyl groups excluding tert-OH is 1. The van der Waals surface area contributed by atoms with Gasteiger partial charge in [0.15, 0.2) is 0 Å². The second-order valence-corrected chi connectivity index (χ2v) is 4.46. The van der Waals surface area contributed by atoms with Crippen molar-refractivity contribution in [1.82, 2.24) is 10.6 Å². The number of benzene rings is 1. The molecule has 1 aliphatic heterocycles. The van der Waals surface area contributed by atoms with Crippen LogP contribution in [0.15, 0.2) is 18.2 Å². The van der Waals surface area contributed by atoms with E-state index in [-0.39, 0.29) is 5.82 Å². The number of nitrogens with zero attached hydrogens (tertiary/aromatic N) is 1. The minimum atomic E-state index is -0.536. The van der Waals surface area contributed by atoms with Crippen LogP contribution in [0.2, 0.25) is 0 Å². The van der Waals surface area contributed by atoms with E-state index >= 15 is 0 Å². The first-order valence-corrected chi connectivity index (χ1v) is 6.32. The molecule has 0 aliphatic carbocycles. The summed E-state index contributed by atoms with van der Waals surface area (Å²) in [4.78, 5) is 13.0. The Bertz CT molecular complexity index is 448. The van der Waals surface area contributed by atoms with Gasteiger partial charge in [0.2, 0.25) is 5.91 Å². The summed E-state index contributed by atoms with van der Waals surface area (Å²) in [6.45, 7) is 2.97. The molecule has 0 saturated carbocycles. The molecule has 0 bridgehead atoms. The average Bonchev–Trinajstić information content (AvgIpc) is 2.47. The number of rotatable bonds is 4. The van der Waals surface area contributed by atoms with Gasteiger partial charge in [-0.2, -0.15) is 0 Å². The molecule has 0 unspecified atom stereocenters. The summed E-state index contributed by atoms with van der Waals surface area (Å²) >= 11 is 0. The Balaban J connectivity index is 2.07. The van der Waals surface area contributed by atoms with Gasteiger partial charge in [0, 0.05) is 32.7 Å². The van der Waals surface area contributed by atoms with Gasteiger partial charge >= 0.3 is 0 Å². The molecular weight excluding hydrogens is 249 g/mol. The van der Waals surface area contributed by atoms with E-state index in [0.717, 1.165) is 31.7 Å². The number of hydrogen-bond acceptors (Lipinski definition) is 4. The molecule has 1 heterocycles. The number of anilines is 1. The van der Waals surface area contributed by atoms with Crippen LogP contribution >= 0.6 is 0 Å². The molecular formula is C13H18FN3O2. The minimum absolute atomic E-state index is 0.251. The second kappa shape index (κ2) is 6.49. The third kappa shape index (κ3) is 3.65. The molecule has 1 aromatic rings. The zero-order valence-corrected chi connectivity index (χ0v) is 10.7. The third-order valence-corrected chi connectivity index (χ3v) is 3.10. The first-order valence-electron chi connectivity index (χ1n) is 6.32. The van der Waals surface area contributed by atoms with Crippen LogP contribution in [-0.4, -0.2) is 43.8 Å². The Hall–Kier alpha value is -1.66. The fourth-order valence-corrected chi connectivity index (χ4v) is 2.07. The summed E-state index contributed by atoms with van der Waals surface area (Å²) in [7, 11) is 0. The lowest BCUT2D eigenvalue weighted by atomic mass is 10.1. The van der Waals surface area contributed by atoms with Crippen molar-refractivity contribution in [2.45, 2.75) is 6.54 Å². The molecule has 0 aromatic heterocycles. The number of hydrogen-bond donors (Lipinski definition) is 3. The van der Waals surface area contributed by atoms with Crippen LogP contribution in [0.25, 0.3) is 0 Å². The summed E-state index contributed by atoms with van der Waals surface area (Å²) in [5.74, 6) is -0.688. The molecule has 1 aromatic carbocycles. The summed E-state index contributed by atoms with van der Waals surface area (Å²) in [6.07, 6.45) is 0. The van der Waals surface area contributed by atoms with Gasteiger partial charge in [-0.1, -0.05) is 6.07 Å². The summed E-state index contributed by atoms with van der Waals surface area (Å²) in [5, 5.41) is 14.4. The number of aliphatic hydroxyl groups is 1. The number of amides is 1. The molecule has 2 rings (SSSR count). The van der Waals surface area contributed by atoms with Gasteiger partial charge in [-0.05, 0) is 17.7 Å². The number of carbonyl (C=O) groups is 1.